The molecule has 8 heteroatoms. The van der Waals surface area contributed by atoms with Gasteiger partial charge in [0.2, 0.25) is 0 Å². The molecule has 0 bridgehead atoms. The molecule has 0 atom stereocenters. The molecule has 2 saturated carbocycles. The summed E-state index contributed by atoms with van der Waals surface area (Å²) in [6.45, 7) is 2.02. The fraction of sp³-hybridized carbons (Fsp3) is 0.583. The Labute approximate surface area is 184 Å². The number of hydrogen-bond donors (Lipinski definition) is 0. The molecular formula is C24H28F6O2. The zero-order valence-corrected chi connectivity index (χ0v) is 17.9. The van der Waals surface area contributed by atoms with Crippen LogP contribution in [0.25, 0.3) is 0 Å². The molecular weight excluding hydrogens is 434 g/mol. The van der Waals surface area contributed by atoms with E-state index in [1.165, 1.54) is 0 Å². The molecule has 0 aromatic heterocycles. The fourth-order valence-corrected chi connectivity index (χ4v) is 5.06. The van der Waals surface area contributed by atoms with Gasteiger partial charge in [0, 0.05) is 12.1 Å². The summed E-state index contributed by atoms with van der Waals surface area (Å²) in [6, 6.07) is 1.01. The average Bonchev–Trinajstić information content (AvgIpc) is 2.73. The Morgan fingerprint density at radius 1 is 0.906 bits per heavy atom. The average molecular weight is 462 g/mol. The minimum atomic E-state index is -3.60. The van der Waals surface area contributed by atoms with Gasteiger partial charge >= 0.3 is 12.2 Å². The molecule has 0 unspecified atom stereocenters. The molecule has 0 heterocycles. The molecule has 0 N–H and O–H groups in total. The van der Waals surface area contributed by atoms with Gasteiger partial charge in [0.15, 0.2) is 23.6 Å². The standard InChI is InChI=1S/C24H28F6O2/c1-2-3-15-4-6-16(7-5-15)17-8-10-18(11-9-17)24(29,30)32-19-12-20(25)23(21(26)13-19)31-14-22(27)28/h2-3,12-18H,4-11H2,1H3/b3-2+. The molecule has 2 fully saturated rings. The lowest BCUT2D eigenvalue weighted by molar-refractivity contribution is -0.224. The molecule has 3 rings (SSSR count). The molecule has 178 valence electrons. The normalized spacial score (nSPS) is 26.7. The number of hydrogen-bond acceptors (Lipinski definition) is 2. The highest BCUT2D eigenvalue weighted by Crippen LogP contribution is 2.46. The fourth-order valence-electron chi connectivity index (χ4n) is 5.06. The molecule has 1 aromatic rings. The summed E-state index contributed by atoms with van der Waals surface area (Å²) in [5.74, 6) is -4.10. The smallest absolute Gasteiger partial charge is 0.400 e. The van der Waals surface area contributed by atoms with E-state index in [1.54, 1.807) is 0 Å². The molecule has 1 aromatic carbocycles. The van der Waals surface area contributed by atoms with Crippen LogP contribution in [0.1, 0.15) is 58.3 Å². The lowest BCUT2D eigenvalue weighted by atomic mass is 9.69. The Hall–Kier alpha value is -2.12. The van der Waals surface area contributed by atoms with E-state index >= 15 is 0 Å². The van der Waals surface area contributed by atoms with Crippen LogP contribution in [-0.2, 0) is 0 Å². The maximum atomic E-state index is 14.7. The second kappa shape index (κ2) is 10.7. The summed E-state index contributed by atoms with van der Waals surface area (Å²) in [5, 5.41) is 0. The number of ether oxygens (including phenoxy) is 2. The molecule has 0 spiro atoms. The lowest BCUT2D eigenvalue weighted by Crippen LogP contribution is -2.38. The Balaban J connectivity index is 1.56. The first kappa shape index (κ1) is 24.5. The van der Waals surface area contributed by atoms with Gasteiger partial charge in [0.05, 0.1) is 5.92 Å². The minimum Gasteiger partial charge on any atom is -0.453 e. The third-order valence-electron chi connectivity index (χ3n) is 6.69. The molecule has 0 amide bonds. The molecule has 2 nitrogen and oxygen atoms in total. The first-order valence-electron chi connectivity index (χ1n) is 11.1. The van der Waals surface area contributed by atoms with E-state index in [2.05, 4.69) is 21.6 Å². The van der Waals surface area contributed by atoms with Crippen LogP contribution in [0.5, 0.6) is 11.5 Å². The van der Waals surface area contributed by atoms with Crippen LogP contribution in [0, 0.1) is 35.3 Å². The quantitative estimate of drug-likeness (QED) is 0.231. The highest BCUT2D eigenvalue weighted by molar-refractivity contribution is 5.35. The van der Waals surface area contributed by atoms with Crippen LogP contribution in [-0.4, -0.2) is 6.11 Å². The maximum Gasteiger partial charge on any atom is 0.400 e. The largest absolute Gasteiger partial charge is 0.453 e. The van der Waals surface area contributed by atoms with Gasteiger partial charge in [-0.1, -0.05) is 12.2 Å². The van der Waals surface area contributed by atoms with Crippen molar-refractivity contribution in [3.8, 4) is 11.5 Å². The van der Waals surface area contributed by atoms with E-state index in [4.69, 9.17) is 0 Å². The molecule has 2 aliphatic rings. The van der Waals surface area contributed by atoms with Crippen molar-refractivity contribution in [1.29, 1.82) is 0 Å². The van der Waals surface area contributed by atoms with Gasteiger partial charge in [0.1, 0.15) is 5.75 Å². The predicted octanol–water partition coefficient (Wildman–Crippen LogP) is 8.24. The van der Waals surface area contributed by atoms with Crippen LogP contribution >= 0.6 is 0 Å². The highest BCUT2D eigenvalue weighted by atomic mass is 19.3. The first-order valence-corrected chi connectivity index (χ1v) is 11.1. The first-order chi connectivity index (χ1) is 15.2. The van der Waals surface area contributed by atoms with Crippen molar-refractivity contribution >= 4 is 0 Å². The summed E-state index contributed by atoms with van der Waals surface area (Å²) in [5.41, 5.74) is 0. The molecule has 0 saturated heterocycles. The third kappa shape index (κ3) is 6.23. The summed E-state index contributed by atoms with van der Waals surface area (Å²) in [7, 11) is 0. The number of rotatable bonds is 7. The molecule has 0 radical (unpaired) electrons. The number of halogens is 6. The Morgan fingerprint density at radius 3 is 1.94 bits per heavy atom. The van der Waals surface area contributed by atoms with E-state index in [9.17, 15) is 26.3 Å². The minimum absolute atomic E-state index is 0.137. The van der Waals surface area contributed by atoms with Gasteiger partial charge in [-0.25, -0.2) is 8.78 Å². The summed E-state index contributed by atoms with van der Waals surface area (Å²) in [4.78, 5) is 0. The summed E-state index contributed by atoms with van der Waals surface area (Å²) < 4.78 is 90.3. The summed E-state index contributed by atoms with van der Waals surface area (Å²) in [6.07, 6.45) is 4.72. The molecule has 0 aliphatic heterocycles. The predicted molar refractivity (Wildman–Crippen MR) is 109 cm³/mol. The Bertz CT molecular complexity index is 795. The van der Waals surface area contributed by atoms with Crippen molar-refractivity contribution in [1.82, 2.24) is 0 Å². The van der Waals surface area contributed by atoms with Crippen molar-refractivity contribution < 1.29 is 35.8 Å². The highest BCUT2D eigenvalue weighted by Gasteiger charge is 2.45. The van der Waals surface area contributed by atoms with Crippen LogP contribution < -0.4 is 9.47 Å². The second-order valence-corrected chi connectivity index (χ2v) is 8.72. The molecule has 2 aliphatic carbocycles. The third-order valence-corrected chi connectivity index (χ3v) is 6.69. The van der Waals surface area contributed by atoms with Gasteiger partial charge in [-0.3, -0.25) is 0 Å². The van der Waals surface area contributed by atoms with Crippen molar-refractivity contribution in [2.75, 3.05) is 0 Å². The second-order valence-electron chi connectivity index (χ2n) is 8.72. The van der Waals surface area contributed by atoms with Crippen molar-refractivity contribution in [2.24, 2.45) is 23.7 Å². The van der Waals surface area contributed by atoms with E-state index in [0.29, 0.717) is 42.7 Å². The van der Waals surface area contributed by atoms with E-state index in [-0.39, 0.29) is 19.1 Å². The van der Waals surface area contributed by atoms with E-state index in [1.807, 2.05) is 6.92 Å². The van der Waals surface area contributed by atoms with E-state index in [0.717, 1.165) is 25.7 Å². The van der Waals surface area contributed by atoms with Gasteiger partial charge in [-0.05, 0) is 76.0 Å². The Morgan fingerprint density at radius 2 is 1.44 bits per heavy atom. The van der Waals surface area contributed by atoms with Crippen LogP contribution in [0.4, 0.5) is 26.3 Å². The maximum absolute atomic E-state index is 14.7. The zero-order valence-electron chi connectivity index (χ0n) is 17.9. The van der Waals surface area contributed by atoms with Crippen molar-refractivity contribution in [2.45, 2.75) is 64.4 Å². The van der Waals surface area contributed by atoms with E-state index < -0.39 is 41.2 Å². The van der Waals surface area contributed by atoms with Gasteiger partial charge in [-0.15, -0.1) is 0 Å². The van der Waals surface area contributed by atoms with Crippen LogP contribution in [0.2, 0.25) is 0 Å². The summed E-state index contributed by atoms with van der Waals surface area (Å²) >= 11 is 0. The van der Waals surface area contributed by atoms with Gasteiger partial charge in [-0.2, -0.15) is 17.6 Å². The number of allylic oxidation sites excluding steroid dienone is 2. The number of alkyl halides is 2. The van der Waals surface area contributed by atoms with Gasteiger partial charge < -0.3 is 9.47 Å². The van der Waals surface area contributed by atoms with Crippen molar-refractivity contribution in [3.63, 3.8) is 0 Å². The molecule has 32 heavy (non-hydrogen) atoms. The van der Waals surface area contributed by atoms with Crippen LogP contribution in [0.3, 0.4) is 0 Å². The number of benzene rings is 1. The lowest BCUT2D eigenvalue weighted by Gasteiger charge is -2.39. The monoisotopic (exact) mass is 462 g/mol. The Kier molecular flexibility index (Phi) is 8.17. The van der Waals surface area contributed by atoms with Gasteiger partial charge in [0.25, 0.3) is 0 Å². The zero-order chi connectivity index (χ0) is 23.3. The van der Waals surface area contributed by atoms with Crippen LogP contribution in [0.15, 0.2) is 36.6 Å². The topological polar surface area (TPSA) is 18.5 Å². The van der Waals surface area contributed by atoms with Crippen molar-refractivity contribution in [3.05, 3.63) is 48.3 Å². The SMILES string of the molecule is C/C=C/C1CCC(C2CCC(C(F)(F)Oc3cc(F)c(OC=C(F)F)c(F)c3)CC2)CC1.